The van der Waals surface area contributed by atoms with E-state index in [0.29, 0.717) is 5.25 Å². The number of nitrogens with two attached hydrogens (primary N) is 1. The zero-order valence-corrected chi connectivity index (χ0v) is 12.7. The Morgan fingerprint density at radius 3 is 2.85 bits per heavy atom. The van der Waals surface area contributed by atoms with E-state index in [-0.39, 0.29) is 6.04 Å². The molecule has 0 saturated carbocycles. The van der Waals surface area contributed by atoms with Gasteiger partial charge in [0.05, 0.1) is 7.11 Å². The Bertz CT molecular complexity index is 632. The van der Waals surface area contributed by atoms with Crippen LogP contribution >= 0.6 is 23.4 Å². The van der Waals surface area contributed by atoms with E-state index in [1.54, 1.807) is 18.9 Å². The lowest BCUT2D eigenvalue weighted by atomic mass is 10.1. The molecule has 2 aromatic rings. The highest BCUT2D eigenvalue weighted by atomic mass is 35.5. The third kappa shape index (κ3) is 2.66. The molecule has 104 valence electrons. The zero-order chi connectivity index (χ0) is 14.1. The lowest BCUT2D eigenvalue weighted by Crippen LogP contribution is -2.18. The van der Waals surface area contributed by atoms with Gasteiger partial charge in [0.2, 0.25) is 0 Å². The van der Waals surface area contributed by atoms with Crippen LogP contribution in [0.3, 0.4) is 0 Å². The van der Waals surface area contributed by atoms with Crippen molar-refractivity contribution in [3.8, 4) is 5.75 Å². The number of benzene rings is 2. The van der Waals surface area contributed by atoms with Gasteiger partial charge in [-0.25, -0.2) is 0 Å². The molecule has 0 radical (unpaired) electrons. The van der Waals surface area contributed by atoms with Gasteiger partial charge in [0, 0.05) is 21.2 Å². The van der Waals surface area contributed by atoms with E-state index >= 15 is 0 Å². The van der Waals surface area contributed by atoms with Gasteiger partial charge in [0.1, 0.15) is 5.75 Å². The molecule has 2 atom stereocenters. The summed E-state index contributed by atoms with van der Waals surface area (Å²) in [5.41, 5.74) is 8.91. The molecule has 2 N–H and O–H groups in total. The number of halogens is 1. The van der Waals surface area contributed by atoms with Crippen LogP contribution in [0.15, 0.2) is 47.4 Å². The second-order valence-corrected chi connectivity index (χ2v) is 6.66. The number of hydrogen-bond acceptors (Lipinski definition) is 3. The SMILES string of the molecule is COc1ccc2c(c1)C(N)C(Sc1cccc(Cl)c1)C2. The van der Waals surface area contributed by atoms with Gasteiger partial charge in [-0.2, -0.15) is 0 Å². The topological polar surface area (TPSA) is 35.2 Å². The average Bonchev–Trinajstić information content (AvgIpc) is 2.75. The Morgan fingerprint density at radius 1 is 1.25 bits per heavy atom. The minimum Gasteiger partial charge on any atom is -0.497 e. The molecule has 0 saturated heterocycles. The van der Waals surface area contributed by atoms with Crippen LogP contribution in [0, 0.1) is 0 Å². The summed E-state index contributed by atoms with van der Waals surface area (Å²) < 4.78 is 5.28. The zero-order valence-electron chi connectivity index (χ0n) is 11.2. The summed E-state index contributed by atoms with van der Waals surface area (Å²) in [4.78, 5) is 1.16. The molecular weight excluding hydrogens is 290 g/mol. The number of hydrogen-bond donors (Lipinski definition) is 1. The minimum absolute atomic E-state index is 0.0316. The van der Waals surface area contributed by atoms with E-state index in [1.807, 2.05) is 24.3 Å². The fourth-order valence-corrected chi connectivity index (χ4v) is 4.08. The third-order valence-corrected chi connectivity index (χ3v) is 5.14. The monoisotopic (exact) mass is 305 g/mol. The number of fused-ring (bicyclic) bond motifs is 1. The van der Waals surface area contributed by atoms with E-state index in [9.17, 15) is 0 Å². The van der Waals surface area contributed by atoms with Crippen LogP contribution in [-0.2, 0) is 6.42 Å². The van der Waals surface area contributed by atoms with Crippen LogP contribution < -0.4 is 10.5 Å². The molecule has 0 fully saturated rings. The highest BCUT2D eigenvalue weighted by Crippen LogP contribution is 2.41. The number of ether oxygens (including phenoxy) is 1. The maximum Gasteiger partial charge on any atom is 0.119 e. The number of thioether (sulfide) groups is 1. The Labute approximate surface area is 128 Å². The van der Waals surface area contributed by atoms with Crippen LogP contribution in [0.2, 0.25) is 5.02 Å². The van der Waals surface area contributed by atoms with E-state index in [4.69, 9.17) is 22.1 Å². The molecule has 20 heavy (non-hydrogen) atoms. The van der Waals surface area contributed by atoms with E-state index in [2.05, 4.69) is 18.2 Å². The molecule has 2 nitrogen and oxygen atoms in total. The Balaban J connectivity index is 1.81. The second-order valence-electron chi connectivity index (χ2n) is 4.91. The number of rotatable bonds is 3. The summed E-state index contributed by atoms with van der Waals surface area (Å²) in [7, 11) is 1.68. The van der Waals surface area contributed by atoms with Crippen molar-refractivity contribution in [2.45, 2.75) is 22.6 Å². The maximum atomic E-state index is 6.39. The summed E-state index contributed by atoms with van der Waals surface area (Å²) in [6.45, 7) is 0. The fourth-order valence-electron chi connectivity index (χ4n) is 2.57. The molecule has 1 aliphatic carbocycles. The van der Waals surface area contributed by atoms with Crippen molar-refractivity contribution in [3.63, 3.8) is 0 Å². The Hall–Kier alpha value is -1.16. The highest BCUT2D eigenvalue weighted by molar-refractivity contribution is 8.00. The molecule has 0 aliphatic heterocycles. The predicted molar refractivity (Wildman–Crippen MR) is 84.7 cm³/mol. The molecule has 0 spiro atoms. The minimum atomic E-state index is 0.0316. The molecular formula is C16H16ClNOS. The predicted octanol–water partition coefficient (Wildman–Crippen LogP) is 4.07. The molecule has 0 amide bonds. The lowest BCUT2D eigenvalue weighted by molar-refractivity contribution is 0.414. The van der Waals surface area contributed by atoms with Crippen LogP contribution in [0.25, 0.3) is 0 Å². The Kier molecular flexibility index (Phi) is 3.92. The molecule has 2 aromatic carbocycles. The van der Waals surface area contributed by atoms with Gasteiger partial charge in [-0.05, 0) is 47.9 Å². The van der Waals surface area contributed by atoms with E-state index in [1.165, 1.54) is 11.1 Å². The number of methoxy groups -OCH3 is 1. The smallest absolute Gasteiger partial charge is 0.119 e. The van der Waals surface area contributed by atoms with Gasteiger partial charge in [0.25, 0.3) is 0 Å². The van der Waals surface area contributed by atoms with Crippen LogP contribution in [0.1, 0.15) is 17.2 Å². The quantitative estimate of drug-likeness (QED) is 0.928. The molecule has 0 bridgehead atoms. The third-order valence-electron chi connectivity index (χ3n) is 3.62. The van der Waals surface area contributed by atoms with Gasteiger partial charge in [0.15, 0.2) is 0 Å². The standard InChI is InChI=1S/C16H16ClNOS/c1-19-12-6-5-10-7-15(16(18)14(10)9-12)20-13-4-2-3-11(17)8-13/h2-6,8-9,15-16H,7,18H2,1H3. The van der Waals surface area contributed by atoms with Gasteiger partial charge in [-0.15, -0.1) is 11.8 Å². The molecule has 0 aromatic heterocycles. The Morgan fingerprint density at radius 2 is 2.10 bits per heavy atom. The van der Waals surface area contributed by atoms with Crippen molar-refractivity contribution in [2.24, 2.45) is 5.73 Å². The molecule has 2 unspecified atom stereocenters. The molecule has 1 aliphatic rings. The van der Waals surface area contributed by atoms with Crippen LogP contribution in [-0.4, -0.2) is 12.4 Å². The summed E-state index contributed by atoms with van der Waals surface area (Å²) in [5.74, 6) is 0.868. The van der Waals surface area contributed by atoms with Gasteiger partial charge < -0.3 is 10.5 Å². The highest BCUT2D eigenvalue weighted by Gasteiger charge is 2.30. The van der Waals surface area contributed by atoms with Crippen molar-refractivity contribution >= 4 is 23.4 Å². The first-order valence-corrected chi connectivity index (χ1v) is 7.78. The summed E-state index contributed by atoms with van der Waals surface area (Å²) >= 11 is 7.83. The van der Waals surface area contributed by atoms with Crippen molar-refractivity contribution in [2.75, 3.05) is 7.11 Å². The first kappa shape index (κ1) is 13.8. The maximum absolute atomic E-state index is 6.39. The van der Waals surface area contributed by atoms with Crippen LogP contribution in [0.5, 0.6) is 5.75 Å². The van der Waals surface area contributed by atoms with Crippen molar-refractivity contribution < 1.29 is 4.74 Å². The van der Waals surface area contributed by atoms with Crippen molar-refractivity contribution in [1.29, 1.82) is 0 Å². The fraction of sp³-hybridized carbons (Fsp3) is 0.250. The summed E-state index contributed by atoms with van der Waals surface area (Å²) in [6, 6.07) is 14.1. The van der Waals surface area contributed by atoms with Gasteiger partial charge in [-0.1, -0.05) is 23.7 Å². The van der Waals surface area contributed by atoms with Crippen molar-refractivity contribution in [3.05, 3.63) is 58.6 Å². The lowest BCUT2D eigenvalue weighted by Gasteiger charge is -2.15. The first-order chi connectivity index (χ1) is 9.67. The average molecular weight is 306 g/mol. The largest absolute Gasteiger partial charge is 0.497 e. The van der Waals surface area contributed by atoms with Crippen LogP contribution in [0.4, 0.5) is 0 Å². The van der Waals surface area contributed by atoms with E-state index in [0.717, 1.165) is 22.1 Å². The summed E-state index contributed by atoms with van der Waals surface area (Å²) in [5, 5.41) is 1.11. The summed E-state index contributed by atoms with van der Waals surface area (Å²) in [6.07, 6.45) is 0.984. The second kappa shape index (κ2) is 5.68. The molecule has 3 rings (SSSR count). The first-order valence-electron chi connectivity index (χ1n) is 6.52. The van der Waals surface area contributed by atoms with Crippen molar-refractivity contribution in [1.82, 2.24) is 0 Å². The van der Waals surface area contributed by atoms with E-state index < -0.39 is 0 Å². The van der Waals surface area contributed by atoms with Gasteiger partial charge in [-0.3, -0.25) is 0 Å². The normalized spacial score (nSPS) is 20.8. The molecule has 0 heterocycles. The van der Waals surface area contributed by atoms with Gasteiger partial charge >= 0.3 is 0 Å². The molecule has 4 heteroatoms.